The fourth-order valence-corrected chi connectivity index (χ4v) is 1.31. The van der Waals surface area contributed by atoms with Crippen molar-refractivity contribution in [3.05, 3.63) is 35.4 Å². The van der Waals surface area contributed by atoms with Crippen molar-refractivity contribution in [2.45, 2.75) is 6.42 Å². The lowest BCUT2D eigenvalue weighted by molar-refractivity contribution is -0.120. The van der Waals surface area contributed by atoms with E-state index in [1.165, 1.54) is 12.1 Å². The molecule has 1 aromatic carbocycles. The van der Waals surface area contributed by atoms with Crippen LogP contribution in [0, 0.1) is 0 Å². The SMILES string of the molecule is COCCNC(=O)Cc1ccc(C(=O)O)cc1. The molecule has 17 heavy (non-hydrogen) atoms. The number of nitrogens with one attached hydrogen (secondary N) is 1. The van der Waals surface area contributed by atoms with E-state index >= 15 is 0 Å². The summed E-state index contributed by atoms with van der Waals surface area (Å²) in [5, 5.41) is 11.4. The predicted molar refractivity (Wildman–Crippen MR) is 62.0 cm³/mol. The van der Waals surface area contributed by atoms with Gasteiger partial charge in [0.05, 0.1) is 18.6 Å². The minimum Gasteiger partial charge on any atom is -0.478 e. The molecule has 0 atom stereocenters. The Balaban J connectivity index is 2.46. The molecule has 5 heteroatoms. The number of rotatable bonds is 6. The van der Waals surface area contributed by atoms with Gasteiger partial charge >= 0.3 is 5.97 Å². The highest BCUT2D eigenvalue weighted by molar-refractivity contribution is 5.87. The molecule has 1 rings (SSSR count). The van der Waals surface area contributed by atoms with Crippen LogP contribution in [0.2, 0.25) is 0 Å². The zero-order chi connectivity index (χ0) is 12.7. The molecular formula is C12H15NO4. The number of carbonyl (C=O) groups is 2. The van der Waals surface area contributed by atoms with E-state index in [0.717, 1.165) is 5.56 Å². The van der Waals surface area contributed by atoms with Crippen LogP contribution in [-0.4, -0.2) is 37.2 Å². The number of carboxylic acid groups (broad SMARTS) is 1. The van der Waals surface area contributed by atoms with E-state index in [1.807, 2.05) is 0 Å². The van der Waals surface area contributed by atoms with Crippen molar-refractivity contribution in [2.75, 3.05) is 20.3 Å². The van der Waals surface area contributed by atoms with Crippen LogP contribution >= 0.6 is 0 Å². The van der Waals surface area contributed by atoms with Gasteiger partial charge in [0, 0.05) is 13.7 Å². The van der Waals surface area contributed by atoms with Gasteiger partial charge in [0.1, 0.15) is 0 Å². The van der Waals surface area contributed by atoms with Crippen molar-refractivity contribution in [2.24, 2.45) is 0 Å². The molecule has 0 spiro atoms. The Morgan fingerprint density at radius 1 is 1.29 bits per heavy atom. The van der Waals surface area contributed by atoms with Crippen LogP contribution in [0.3, 0.4) is 0 Å². The first-order valence-corrected chi connectivity index (χ1v) is 5.21. The summed E-state index contributed by atoms with van der Waals surface area (Å²) in [6, 6.07) is 6.25. The van der Waals surface area contributed by atoms with Gasteiger partial charge in [-0.1, -0.05) is 12.1 Å². The van der Waals surface area contributed by atoms with E-state index in [2.05, 4.69) is 5.32 Å². The smallest absolute Gasteiger partial charge is 0.335 e. The Bertz CT molecular complexity index is 386. The number of ether oxygens (including phenoxy) is 1. The maximum Gasteiger partial charge on any atom is 0.335 e. The van der Waals surface area contributed by atoms with Crippen molar-refractivity contribution < 1.29 is 19.4 Å². The van der Waals surface area contributed by atoms with Crippen molar-refractivity contribution in [3.63, 3.8) is 0 Å². The van der Waals surface area contributed by atoms with Crippen LogP contribution in [0.1, 0.15) is 15.9 Å². The van der Waals surface area contributed by atoms with Gasteiger partial charge in [-0.25, -0.2) is 4.79 Å². The Morgan fingerprint density at radius 3 is 2.47 bits per heavy atom. The standard InChI is InChI=1S/C12H15NO4/c1-17-7-6-13-11(14)8-9-2-4-10(5-3-9)12(15)16/h2-5H,6-8H2,1H3,(H,13,14)(H,15,16). The molecule has 2 N–H and O–H groups in total. The van der Waals surface area contributed by atoms with Gasteiger partial charge in [-0.3, -0.25) is 4.79 Å². The fraction of sp³-hybridized carbons (Fsp3) is 0.333. The molecule has 5 nitrogen and oxygen atoms in total. The molecule has 0 aromatic heterocycles. The van der Waals surface area contributed by atoms with E-state index in [-0.39, 0.29) is 17.9 Å². The molecule has 1 aromatic rings. The van der Waals surface area contributed by atoms with Gasteiger partial charge in [0.2, 0.25) is 5.91 Å². The number of carbonyl (C=O) groups excluding carboxylic acids is 1. The normalized spacial score (nSPS) is 9.94. The lowest BCUT2D eigenvalue weighted by atomic mass is 10.1. The van der Waals surface area contributed by atoms with Crippen LogP contribution in [0.25, 0.3) is 0 Å². The second-order valence-electron chi connectivity index (χ2n) is 3.52. The molecule has 0 unspecified atom stereocenters. The van der Waals surface area contributed by atoms with Crippen molar-refractivity contribution in [3.8, 4) is 0 Å². The number of carboxylic acids is 1. The summed E-state index contributed by atoms with van der Waals surface area (Å²) >= 11 is 0. The lowest BCUT2D eigenvalue weighted by Crippen LogP contribution is -2.28. The van der Waals surface area contributed by atoms with Crippen LogP contribution in [-0.2, 0) is 16.0 Å². The second kappa shape index (κ2) is 6.65. The van der Waals surface area contributed by atoms with Crippen molar-refractivity contribution in [1.29, 1.82) is 0 Å². The lowest BCUT2D eigenvalue weighted by Gasteiger charge is -2.04. The number of methoxy groups -OCH3 is 1. The average Bonchev–Trinajstić information content (AvgIpc) is 2.30. The Labute approximate surface area is 99.4 Å². The fourth-order valence-electron chi connectivity index (χ4n) is 1.31. The third-order valence-corrected chi connectivity index (χ3v) is 2.19. The van der Waals surface area contributed by atoms with Crippen LogP contribution in [0.15, 0.2) is 24.3 Å². The summed E-state index contributed by atoms with van der Waals surface area (Å²) in [5.41, 5.74) is 0.999. The molecule has 0 aliphatic rings. The summed E-state index contributed by atoms with van der Waals surface area (Å²) < 4.78 is 4.80. The van der Waals surface area contributed by atoms with E-state index in [9.17, 15) is 9.59 Å². The molecule has 0 aliphatic carbocycles. The first-order chi connectivity index (χ1) is 8.13. The van der Waals surface area contributed by atoms with Crippen LogP contribution < -0.4 is 5.32 Å². The Hall–Kier alpha value is -1.88. The van der Waals surface area contributed by atoms with Gasteiger partial charge in [0.15, 0.2) is 0 Å². The van der Waals surface area contributed by atoms with E-state index < -0.39 is 5.97 Å². The molecule has 0 fully saturated rings. The molecule has 0 aliphatic heterocycles. The molecule has 0 saturated heterocycles. The molecule has 0 bridgehead atoms. The van der Waals surface area contributed by atoms with Crippen LogP contribution in [0.5, 0.6) is 0 Å². The summed E-state index contributed by atoms with van der Waals surface area (Å²) in [6.07, 6.45) is 0.240. The molecule has 0 saturated carbocycles. The topological polar surface area (TPSA) is 75.6 Å². The molecular weight excluding hydrogens is 222 g/mol. The summed E-state index contributed by atoms with van der Waals surface area (Å²) in [4.78, 5) is 22.0. The van der Waals surface area contributed by atoms with Gasteiger partial charge in [-0.05, 0) is 17.7 Å². The zero-order valence-electron chi connectivity index (χ0n) is 9.60. The quantitative estimate of drug-likeness (QED) is 0.714. The predicted octanol–water partition coefficient (Wildman–Crippen LogP) is 0.690. The number of amides is 1. The molecule has 1 amide bonds. The average molecular weight is 237 g/mol. The third kappa shape index (κ3) is 4.65. The van der Waals surface area contributed by atoms with Gasteiger partial charge in [0.25, 0.3) is 0 Å². The first-order valence-electron chi connectivity index (χ1n) is 5.21. The largest absolute Gasteiger partial charge is 0.478 e. The minimum atomic E-state index is -0.971. The molecule has 0 radical (unpaired) electrons. The zero-order valence-corrected chi connectivity index (χ0v) is 9.60. The molecule has 0 heterocycles. The summed E-state index contributed by atoms with van der Waals surface area (Å²) in [6.45, 7) is 0.951. The maximum atomic E-state index is 11.4. The van der Waals surface area contributed by atoms with Gasteiger partial charge < -0.3 is 15.2 Å². The highest BCUT2D eigenvalue weighted by atomic mass is 16.5. The summed E-state index contributed by atoms with van der Waals surface area (Å²) in [5.74, 6) is -1.08. The van der Waals surface area contributed by atoms with E-state index in [1.54, 1.807) is 19.2 Å². The third-order valence-electron chi connectivity index (χ3n) is 2.19. The van der Waals surface area contributed by atoms with Crippen molar-refractivity contribution in [1.82, 2.24) is 5.32 Å². The molecule has 92 valence electrons. The van der Waals surface area contributed by atoms with Crippen LogP contribution in [0.4, 0.5) is 0 Å². The van der Waals surface area contributed by atoms with Gasteiger partial charge in [-0.15, -0.1) is 0 Å². The van der Waals surface area contributed by atoms with Gasteiger partial charge in [-0.2, -0.15) is 0 Å². The maximum absolute atomic E-state index is 11.4. The van der Waals surface area contributed by atoms with E-state index in [0.29, 0.717) is 13.2 Å². The first kappa shape index (κ1) is 13.2. The highest BCUT2D eigenvalue weighted by Gasteiger charge is 2.05. The number of hydrogen-bond acceptors (Lipinski definition) is 3. The number of hydrogen-bond donors (Lipinski definition) is 2. The van der Waals surface area contributed by atoms with Crippen molar-refractivity contribution >= 4 is 11.9 Å². The summed E-state index contributed by atoms with van der Waals surface area (Å²) in [7, 11) is 1.57. The highest BCUT2D eigenvalue weighted by Crippen LogP contribution is 2.05. The number of aromatic carboxylic acids is 1. The number of benzene rings is 1. The minimum absolute atomic E-state index is 0.106. The second-order valence-corrected chi connectivity index (χ2v) is 3.52. The Kier molecular flexibility index (Phi) is 5.16. The monoisotopic (exact) mass is 237 g/mol. The Morgan fingerprint density at radius 2 is 1.94 bits per heavy atom. The van der Waals surface area contributed by atoms with E-state index in [4.69, 9.17) is 9.84 Å².